The van der Waals surface area contributed by atoms with Crippen molar-refractivity contribution in [3.05, 3.63) is 0 Å². The highest BCUT2D eigenvalue weighted by Gasteiger charge is 2.53. The average molecular weight is 345 g/mol. The van der Waals surface area contributed by atoms with E-state index in [1.165, 1.54) is 6.92 Å². The molecule has 0 amide bonds. The zero-order chi connectivity index (χ0) is 17.3. The molecule has 1 spiro atoms. The lowest BCUT2D eigenvalue weighted by Gasteiger charge is -2.38. The highest BCUT2D eigenvalue weighted by atomic mass is 28.4. The van der Waals surface area contributed by atoms with Crippen LogP contribution in [0.5, 0.6) is 0 Å². The number of carbonyl (C=O) groups is 1. The van der Waals surface area contributed by atoms with Crippen LogP contribution in [0, 0.1) is 11.8 Å². The maximum Gasteiger partial charge on any atom is 0.302 e. The Hall–Kier alpha value is -0.433. The summed E-state index contributed by atoms with van der Waals surface area (Å²) in [6.45, 7) is 15.0. The van der Waals surface area contributed by atoms with E-state index in [9.17, 15) is 4.79 Å². The zero-order valence-electron chi connectivity index (χ0n) is 15.4. The molecular formula is C17H32O5Si. The normalized spacial score (nSPS) is 27.6. The van der Waals surface area contributed by atoms with Gasteiger partial charge in [-0.3, -0.25) is 4.79 Å². The molecule has 1 heterocycles. The molecule has 2 aliphatic rings. The molecule has 1 aliphatic heterocycles. The first-order valence-corrected chi connectivity index (χ1v) is 11.5. The van der Waals surface area contributed by atoms with E-state index < -0.39 is 14.1 Å². The summed E-state index contributed by atoms with van der Waals surface area (Å²) in [7, 11) is -1.79. The predicted molar refractivity (Wildman–Crippen MR) is 90.6 cm³/mol. The standard InChI is InChI=1S/C17H32O5Si/c1-13(18)19-12-15-14(7-8-17(15)20-9-10-21-17)11-22-23(5,6)16(2,3)4/h14-15H,7-12H2,1-6H3/t14-,15-/m1/s1. The molecule has 2 atom stereocenters. The molecule has 1 aliphatic carbocycles. The second-order valence-electron chi connectivity index (χ2n) is 8.29. The quantitative estimate of drug-likeness (QED) is 0.565. The number of rotatable bonds is 5. The SMILES string of the molecule is CC(=O)OC[C@@H]1[C@@H](CO[Si](C)(C)C(C)(C)C)CCC12OCCO2. The van der Waals surface area contributed by atoms with Gasteiger partial charge in [0.15, 0.2) is 14.1 Å². The molecule has 0 bridgehead atoms. The highest BCUT2D eigenvalue weighted by Crippen LogP contribution is 2.47. The van der Waals surface area contributed by atoms with Crippen LogP contribution in [0.1, 0.15) is 40.5 Å². The third-order valence-corrected chi connectivity index (χ3v) is 10.2. The summed E-state index contributed by atoms with van der Waals surface area (Å²) in [5.41, 5.74) is 0. The van der Waals surface area contributed by atoms with Gasteiger partial charge in [0.2, 0.25) is 0 Å². The molecule has 0 radical (unpaired) electrons. The van der Waals surface area contributed by atoms with Crippen molar-refractivity contribution in [2.24, 2.45) is 11.8 Å². The first kappa shape index (κ1) is 18.9. The molecule has 0 aromatic heterocycles. The van der Waals surface area contributed by atoms with Gasteiger partial charge in [-0.1, -0.05) is 20.8 Å². The number of ether oxygens (including phenoxy) is 3. The summed E-state index contributed by atoms with van der Waals surface area (Å²) in [6.07, 6.45) is 1.84. The molecular weight excluding hydrogens is 312 g/mol. The molecule has 0 aromatic carbocycles. The third-order valence-electron chi connectivity index (χ3n) is 5.70. The van der Waals surface area contributed by atoms with Crippen LogP contribution in [0.4, 0.5) is 0 Å². The summed E-state index contributed by atoms with van der Waals surface area (Å²) in [6, 6.07) is 0. The molecule has 1 saturated heterocycles. The van der Waals surface area contributed by atoms with Crippen LogP contribution in [0.15, 0.2) is 0 Å². The Balaban J connectivity index is 2.03. The van der Waals surface area contributed by atoms with Crippen molar-refractivity contribution in [2.45, 2.75) is 64.5 Å². The van der Waals surface area contributed by atoms with Gasteiger partial charge in [-0.05, 0) is 30.5 Å². The lowest BCUT2D eigenvalue weighted by atomic mass is 9.94. The van der Waals surface area contributed by atoms with Gasteiger partial charge in [-0.2, -0.15) is 0 Å². The highest BCUT2D eigenvalue weighted by molar-refractivity contribution is 6.74. The lowest BCUT2D eigenvalue weighted by Crippen LogP contribution is -2.44. The molecule has 6 heteroatoms. The first-order valence-electron chi connectivity index (χ1n) is 8.63. The van der Waals surface area contributed by atoms with Gasteiger partial charge in [0, 0.05) is 20.0 Å². The minimum absolute atomic E-state index is 0.0543. The first-order chi connectivity index (χ1) is 10.6. The van der Waals surface area contributed by atoms with Gasteiger partial charge >= 0.3 is 5.97 Å². The average Bonchev–Trinajstić information content (AvgIpc) is 3.02. The van der Waals surface area contributed by atoms with E-state index in [0.717, 1.165) is 12.8 Å². The van der Waals surface area contributed by atoms with Crippen LogP contribution >= 0.6 is 0 Å². The van der Waals surface area contributed by atoms with E-state index in [-0.39, 0.29) is 16.9 Å². The summed E-state index contributed by atoms with van der Waals surface area (Å²) in [5, 5.41) is 0.190. The van der Waals surface area contributed by atoms with Crippen molar-refractivity contribution < 1.29 is 23.4 Å². The second-order valence-corrected chi connectivity index (χ2v) is 13.1. The molecule has 0 N–H and O–H groups in total. The minimum atomic E-state index is -1.79. The van der Waals surface area contributed by atoms with Crippen molar-refractivity contribution in [1.82, 2.24) is 0 Å². The predicted octanol–water partition coefficient (Wildman–Crippen LogP) is 3.34. The smallest absolute Gasteiger partial charge is 0.302 e. The maximum absolute atomic E-state index is 11.2. The van der Waals surface area contributed by atoms with Crippen molar-refractivity contribution >= 4 is 14.3 Å². The number of hydrogen-bond acceptors (Lipinski definition) is 5. The molecule has 0 unspecified atom stereocenters. The monoisotopic (exact) mass is 344 g/mol. The molecule has 2 fully saturated rings. The Bertz CT molecular complexity index is 423. The fraction of sp³-hybridized carbons (Fsp3) is 0.941. The molecule has 134 valence electrons. The molecule has 0 aromatic rings. The number of hydrogen-bond donors (Lipinski definition) is 0. The number of esters is 1. The van der Waals surface area contributed by atoms with Crippen molar-refractivity contribution in [3.8, 4) is 0 Å². The Morgan fingerprint density at radius 1 is 1.22 bits per heavy atom. The van der Waals surface area contributed by atoms with E-state index >= 15 is 0 Å². The second kappa shape index (κ2) is 6.82. The van der Waals surface area contributed by atoms with Gasteiger partial charge in [0.05, 0.1) is 25.7 Å². The Kier molecular flexibility index (Phi) is 5.61. The minimum Gasteiger partial charge on any atom is -0.465 e. The van der Waals surface area contributed by atoms with Gasteiger partial charge in [0.25, 0.3) is 0 Å². The van der Waals surface area contributed by atoms with Gasteiger partial charge in [-0.25, -0.2) is 0 Å². The van der Waals surface area contributed by atoms with E-state index in [4.69, 9.17) is 18.6 Å². The van der Waals surface area contributed by atoms with Crippen molar-refractivity contribution in [1.29, 1.82) is 0 Å². The summed E-state index contributed by atoms with van der Waals surface area (Å²) >= 11 is 0. The summed E-state index contributed by atoms with van der Waals surface area (Å²) < 4.78 is 23.5. The van der Waals surface area contributed by atoms with E-state index in [2.05, 4.69) is 33.9 Å². The van der Waals surface area contributed by atoms with Crippen LogP contribution in [0.2, 0.25) is 18.1 Å². The van der Waals surface area contributed by atoms with Crippen molar-refractivity contribution in [2.75, 3.05) is 26.4 Å². The van der Waals surface area contributed by atoms with E-state index in [0.29, 0.717) is 32.3 Å². The largest absolute Gasteiger partial charge is 0.465 e. The Morgan fingerprint density at radius 2 is 1.83 bits per heavy atom. The molecule has 5 nitrogen and oxygen atoms in total. The fourth-order valence-electron chi connectivity index (χ4n) is 3.16. The van der Waals surface area contributed by atoms with E-state index in [1.54, 1.807) is 0 Å². The Labute approximate surface area is 141 Å². The van der Waals surface area contributed by atoms with Gasteiger partial charge in [-0.15, -0.1) is 0 Å². The van der Waals surface area contributed by atoms with Gasteiger partial charge < -0.3 is 18.6 Å². The molecule has 23 heavy (non-hydrogen) atoms. The van der Waals surface area contributed by atoms with Crippen LogP contribution in [-0.2, 0) is 23.4 Å². The zero-order valence-corrected chi connectivity index (χ0v) is 16.4. The van der Waals surface area contributed by atoms with Crippen LogP contribution < -0.4 is 0 Å². The lowest BCUT2D eigenvalue weighted by molar-refractivity contribution is -0.199. The summed E-state index contributed by atoms with van der Waals surface area (Å²) in [4.78, 5) is 11.2. The fourth-order valence-corrected chi connectivity index (χ4v) is 4.23. The Morgan fingerprint density at radius 3 is 2.35 bits per heavy atom. The maximum atomic E-state index is 11.2. The topological polar surface area (TPSA) is 54.0 Å². The van der Waals surface area contributed by atoms with Crippen LogP contribution in [0.25, 0.3) is 0 Å². The third kappa shape index (κ3) is 4.16. The van der Waals surface area contributed by atoms with Crippen LogP contribution in [-0.4, -0.2) is 46.5 Å². The summed E-state index contributed by atoms with van der Waals surface area (Å²) in [5.74, 6) is -0.467. The van der Waals surface area contributed by atoms with Gasteiger partial charge in [0.1, 0.15) is 0 Å². The van der Waals surface area contributed by atoms with Crippen molar-refractivity contribution in [3.63, 3.8) is 0 Å². The van der Waals surface area contributed by atoms with E-state index in [1.807, 2.05) is 0 Å². The molecule has 2 rings (SSSR count). The molecule has 1 saturated carbocycles. The van der Waals surface area contributed by atoms with Crippen LogP contribution in [0.3, 0.4) is 0 Å². The number of carbonyl (C=O) groups excluding carboxylic acids is 1.